The van der Waals surface area contributed by atoms with E-state index in [4.69, 9.17) is 0 Å². The van der Waals surface area contributed by atoms with Crippen LogP contribution in [0.2, 0.25) is 0 Å². The molecule has 0 spiro atoms. The highest BCUT2D eigenvalue weighted by Crippen LogP contribution is 2.31. The Balaban J connectivity index is 1.88. The molecule has 1 unspecified atom stereocenters. The Hall–Kier alpha value is -0.510. The molecule has 0 amide bonds. The van der Waals surface area contributed by atoms with Gasteiger partial charge < -0.3 is 10.2 Å². The highest BCUT2D eigenvalue weighted by Gasteiger charge is 2.19. The van der Waals surface area contributed by atoms with Crippen molar-refractivity contribution in [3.8, 4) is 0 Å². The maximum atomic E-state index is 3.70. The lowest BCUT2D eigenvalue weighted by Gasteiger charge is -2.28. The first-order valence-corrected chi connectivity index (χ1v) is 7.93. The first-order chi connectivity index (χ1) is 8.68. The molecule has 1 heterocycles. The van der Waals surface area contributed by atoms with Gasteiger partial charge in [0.15, 0.2) is 0 Å². The van der Waals surface area contributed by atoms with Crippen LogP contribution < -0.4 is 5.32 Å². The van der Waals surface area contributed by atoms with Crippen molar-refractivity contribution < 1.29 is 0 Å². The van der Waals surface area contributed by atoms with E-state index >= 15 is 0 Å². The Morgan fingerprint density at radius 1 is 1.39 bits per heavy atom. The SMILES string of the molecule is CC(C)N(C)CCNC1CSCc2ccccc21. The van der Waals surface area contributed by atoms with Gasteiger partial charge in [-0.2, -0.15) is 11.8 Å². The second-order valence-electron chi connectivity index (χ2n) is 5.30. The van der Waals surface area contributed by atoms with E-state index in [1.165, 1.54) is 22.6 Å². The molecule has 0 aliphatic carbocycles. The van der Waals surface area contributed by atoms with E-state index in [-0.39, 0.29) is 0 Å². The average Bonchev–Trinajstić information content (AvgIpc) is 2.38. The first kappa shape index (κ1) is 13.9. The summed E-state index contributed by atoms with van der Waals surface area (Å²) in [5.41, 5.74) is 3.01. The summed E-state index contributed by atoms with van der Waals surface area (Å²) in [7, 11) is 2.19. The molecule has 18 heavy (non-hydrogen) atoms. The fourth-order valence-corrected chi connectivity index (χ4v) is 3.36. The van der Waals surface area contributed by atoms with E-state index < -0.39 is 0 Å². The maximum Gasteiger partial charge on any atom is 0.0415 e. The number of hydrogen-bond donors (Lipinski definition) is 1. The minimum absolute atomic E-state index is 0.528. The van der Waals surface area contributed by atoms with Gasteiger partial charge in [-0.15, -0.1) is 0 Å². The van der Waals surface area contributed by atoms with Gasteiger partial charge in [0.05, 0.1) is 0 Å². The van der Waals surface area contributed by atoms with Crippen LogP contribution in [0.4, 0.5) is 0 Å². The molecule has 0 saturated heterocycles. The summed E-state index contributed by atoms with van der Waals surface area (Å²) in [6.07, 6.45) is 0. The van der Waals surface area contributed by atoms with Gasteiger partial charge in [-0.1, -0.05) is 24.3 Å². The zero-order chi connectivity index (χ0) is 13.0. The van der Waals surface area contributed by atoms with Gasteiger partial charge in [0.25, 0.3) is 0 Å². The van der Waals surface area contributed by atoms with Gasteiger partial charge in [0.1, 0.15) is 0 Å². The number of rotatable bonds is 5. The Morgan fingerprint density at radius 2 is 2.17 bits per heavy atom. The monoisotopic (exact) mass is 264 g/mol. The third-order valence-corrected chi connectivity index (χ3v) is 4.79. The summed E-state index contributed by atoms with van der Waals surface area (Å²) in [6.45, 7) is 6.66. The normalized spacial score (nSPS) is 19.3. The fraction of sp³-hybridized carbons (Fsp3) is 0.600. The van der Waals surface area contributed by atoms with Crippen LogP contribution in [0, 0.1) is 0 Å². The zero-order valence-electron chi connectivity index (χ0n) is 11.6. The molecule has 1 aliphatic heterocycles. The molecule has 1 atom stereocenters. The van der Waals surface area contributed by atoms with Crippen molar-refractivity contribution in [2.45, 2.75) is 31.7 Å². The van der Waals surface area contributed by atoms with E-state index in [1.807, 2.05) is 11.8 Å². The van der Waals surface area contributed by atoms with Crippen LogP contribution in [0.5, 0.6) is 0 Å². The van der Waals surface area contributed by atoms with Crippen LogP contribution in [0.25, 0.3) is 0 Å². The van der Waals surface area contributed by atoms with Crippen molar-refractivity contribution in [3.63, 3.8) is 0 Å². The van der Waals surface area contributed by atoms with Gasteiger partial charge in [-0.25, -0.2) is 0 Å². The van der Waals surface area contributed by atoms with Crippen molar-refractivity contribution in [2.75, 3.05) is 25.9 Å². The lowest BCUT2D eigenvalue weighted by molar-refractivity contribution is 0.270. The molecule has 0 radical (unpaired) electrons. The molecule has 1 aliphatic rings. The number of fused-ring (bicyclic) bond motifs is 1. The molecule has 1 aromatic rings. The van der Waals surface area contributed by atoms with E-state index in [1.54, 1.807) is 0 Å². The summed E-state index contributed by atoms with van der Waals surface area (Å²) in [5.74, 6) is 2.36. The van der Waals surface area contributed by atoms with Gasteiger partial charge in [0.2, 0.25) is 0 Å². The third-order valence-electron chi connectivity index (χ3n) is 3.71. The van der Waals surface area contributed by atoms with E-state index in [9.17, 15) is 0 Å². The van der Waals surface area contributed by atoms with Crippen molar-refractivity contribution in [2.24, 2.45) is 0 Å². The highest BCUT2D eigenvalue weighted by atomic mass is 32.2. The Morgan fingerprint density at radius 3 is 2.94 bits per heavy atom. The van der Waals surface area contributed by atoms with Crippen LogP contribution in [-0.2, 0) is 5.75 Å². The number of thioether (sulfide) groups is 1. The van der Waals surface area contributed by atoms with Crippen molar-refractivity contribution in [1.82, 2.24) is 10.2 Å². The molecule has 2 nitrogen and oxygen atoms in total. The summed E-state index contributed by atoms with van der Waals surface area (Å²) in [6, 6.07) is 9.99. The van der Waals surface area contributed by atoms with Crippen molar-refractivity contribution in [3.05, 3.63) is 35.4 Å². The largest absolute Gasteiger partial charge is 0.308 e. The van der Waals surface area contributed by atoms with Crippen LogP contribution >= 0.6 is 11.8 Å². The molecule has 1 N–H and O–H groups in total. The van der Waals surface area contributed by atoms with Crippen LogP contribution in [-0.4, -0.2) is 36.8 Å². The minimum atomic E-state index is 0.528. The fourth-order valence-electron chi connectivity index (χ4n) is 2.22. The Bertz CT molecular complexity index is 379. The molecular weight excluding hydrogens is 240 g/mol. The van der Waals surface area contributed by atoms with Crippen molar-refractivity contribution >= 4 is 11.8 Å². The van der Waals surface area contributed by atoms with E-state index in [0.717, 1.165) is 13.1 Å². The summed E-state index contributed by atoms with van der Waals surface area (Å²) < 4.78 is 0. The molecule has 3 heteroatoms. The number of nitrogens with one attached hydrogen (secondary N) is 1. The van der Waals surface area contributed by atoms with Crippen LogP contribution in [0.15, 0.2) is 24.3 Å². The minimum Gasteiger partial charge on any atom is -0.308 e. The lowest BCUT2D eigenvalue weighted by atomic mass is 10.0. The van der Waals surface area contributed by atoms with Gasteiger partial charge in [-0.05, 0) is 32.0 Å². The molecule has 1 aromatic carbocycles. The van der Waals surface area contributed by atoms with E-state index in [2.05, 4.69) is 55.4 Å². The summed E-state index contributed by atoms with van der Waals surface area (Å²) >= 11 is 2.03. The predicted octanol–water partition coefficient (Wildman–Crippen LogP) is 2.90. The van der Waals surface area contributed by atoms with Gasteiger partial charge in [0, 0.05) is 36.7 Å². The van der Waals surface area contributed by atoms with Crippen molar-refractivity contribution in [1.29, 1.82) is 0 Å². The second kappa shape index (κ2) is 6.60. The van der Waals surface area contributed by atoms with E-state index in [0.29, 0.717) is 12.1 Å². The molecular formula is C15H24N2S. The summed E-state index contributed by atoms with van der Waals surface area (Å²) in [4.78, 5) is 2.38. The molecule has 0 bridgehead atoms. The Kier molecular flexibility index (Phi) is 5.10. The number of likely N-dealkylation sites (N-methyl/N-ethyl adjacent to an activating group) is 1. The molecule has 0 saturated carbocycles. The smallest absolute Gasteiger partial charge is 0.0415 e. The van der Waals surface area contributed by atoms with Crippen LogP contribution in [0.3, 0.4) is 0 Å². The zero-order valence-corrected chi connectivity index (χ0v) is 12.5. The van der Waals surface area contributed by atoms with Crippen LogP contribution in [0.1, 0.15) is 31.0 Å². The average molecular weight is 264 g/mol. The maximum absolute atomic E-state index is 3.70. The Labute approximate surface area is 115 Å². The number of benzene rings is 1. The molecule has 0 aromatic heterocycles. The molecule has 100 valence electrons. The second-order valence-corrected chi connectivity index (χ2v) is 6.33. The third kappa shape index (κ3) is 3.50. The molecule has 0 fully saturated rings. The number of nitrogens with zero attached hydrogens (tertiary/aromatic N) is 1. The van der Waals surface area contributed by atoms with Gasteiger partial charge in [-0.3, -0.25) is 0 Å². The quantitative estimate of drug-likeness (QED) is 0.880. The number of hydrogen-bond acceptors (Lipinski definition) is 3. The molecule has 2 rings (SSSR count). The van der Waals surface area contributed by atoms with Gasteiger partial charge >= 0.3 is 0 Å². The standard InChI is InChI=1S/C15H24N2S/c1-12(2)17(3)9-8-16-15-11-18-10-13-6-4-5-7-14(13)15/h4-7,12,15-16H,8-11H2,1-3H3. The predicted molar refractivity (Wildman–Crippen MR) is 81.1 cm³/mol. The highest BCUT2D eigenvalue weighted by molar-refractivity contribution is 7.98. The first-order valence-electron chi connectivity index (χ1n) is 6.77. The lowest BCUT2D eigenvalue weighted by Crippen LogP contribution is -2.36. The topological polar surface area (TPSA) is 15.3 Å². The summed E-state index contributed by atoms with van der Waals surface area (Å²) in [5, 5.41) is 3.70.